The van der Waals surface area contributed by atoms with Crippen molar-refractivity contribution in [3.05, 3.63) is 29.3 Å². The average molecular weight is 431 g/mol. The zero-order chi connectivity index (χ0) is 21.0. The van der Waals surface area contributed by atoms with Gasteiger partial charge in [-0.2, -0.15) is 0 Å². The monoisotopic (exact) mass is 430 g/mol. The Balaban J connectivity index is 3.24. The molecule has 0 aliphatic heterocycles. The van der Waals surface area contributed by atoms with Crippen LogP contribution >= 0.6 is 0 Å². The largest absolute Gasteiger partial charge is 0.537 e. The summed E-state index contributed by atoms with van der Waals surface area (Å²) in [6.45, 7) is 17.2. The average Bonchev–Trinajstić information content (AvgIpc) is 2.63. The first-order chi connectivity index (χ1) is 13.5. The minimum Gasteiger partial charge on any atom is -0.374 e. The molecule has 0 fully saturated rings. The normalized spacial score (nSPS) is 12.5. The summed E-state index contributed by atoms with van der Waals surface area (Å²) in [5, 5.41) is 1.01. The third-order valence-corrected chi connectivity index (χ3v) is 10.4. The van der Waals surface area contributed by atoms with Gasteiger partial charge in [0.05, 0.1) is 0 Å². The highest BCUT2D eigenvalue weighted by Gasteiger charge is 2.45. The molecule has 162 valence electrons. The molecule has 1 rings (SSSR count). The van der Waals surface area contributed by atoms with Crippen LogP contribution in [0.15, 0.2) is 18.2 Å². The first kappa shape index (κ1) is 25.5. The van der Waals surface area contributed by atoms with Crippen molar-refractivity contribution in [2.75, 3.05) is 39.6 Å². The molecule has 0 heterocycles. The van der Waals surface area contributed by atoms with E-state index in [4.69, 9.17) is 26.6 Å². The number of aryl methyl sites for hydroxylation is 1. The molecule has 0 atom stereocenters. The van der Waals surface area contributed by atoms with Crippen LogP contribution in [0.5, 0.6) is 0 Å². The lowest BCUT2D eigenvalue weighted by Gasteiger charge is -2.31. The first-order valence-corrected chi connectivity index (χ1v) is 14.1. The Labute approximate surface area is 173 Å². The van der Waals surface area contributed by atoms with Crippen molar-refractivity contribution in [3.63, 3.8) is 0 Å². The highest BCUT2D eigenvalue weighted by Crippen LogP contribution is 2.20. The van der Waals surface area contributed by atoms with Gasteiger partial charge in [-0.15, -0.1) is 0 Å². The van der Waals surface area contributed by atoms with Crippen LogP contribution in [0.4, 0.5) is 0 Å². The fourth-order valence-corrected chi connectivity index (χ4v) is 8.59. The third kappa shape index (κ3) is 6.74. The van der Waals surface area contributed by atoms with E-state index < -0.39 is 17.6 Å². The maximum absolute atomic E-state index is 6.06. The molecule has 6 nitrogen and oxygen atoms in total. The van der Waals surface area contributed by atoms with Crippen LogP contribution in [0.2, 0.25) is 0 Å². The summed E-state index contributed by atoms with van der Waals surface area (Å²) in [4.78, 5) is 0. The van der Waals surface area contributed by atoms with Crippen molar-refractivity contribution in [1.82, 2.24) is 0 Å². The van der Waals surface area contributed by atoms with E-state index in [0.717, 1.165) is 16.3 Å². The molecule has 0 amide bonds. The lowest BCUT2D eigenvalue weighted by molar-refractivity contribution is 0.0704. The fraction of sp³-hybridized carbons (Fsp3) is 0.700. The second kappa shape index (κ2) is 12.9. The van der Waals surface area contributed by atoms with Crippen molar-refractivity contribution < 1.29 is 26.6 Å². The zero-order valence-corrected chi connectivity index (χ0v) is 20.6. The van der Waals surface area contributed by atoms with Crippen LogP contribution in [-0.2, 0) is 32.6 Å². The molecule has 1 aromatic rings. The first-order valence-electron chi connectivity index (χ1n) is 10.4. The van der Waals surface area contributed by atoms with E-state index in [9.17, 15) is 0 Å². The number of rotatable bonds is 15. The molecule has 0 aliphatic rings. The van der Waals surface area contributed by atoms with Gasteiger partial charge in [0.15, 0.2) is 0 Å². The zero-order valence-electron chi connectivity index (χ0n) is 18.6. The minimum absolute atomic E-state index is 0.544. The van der Waals surface area contributed by atoms with Crippen LogP contribution in [0.25, 0.3) is 0 Å². The van der Waals surface area contributed by atoms with E-state index in [1.54, 1.807) is 0 Å². The second-order valence-electron chi connectivity index (χ2n) is 6.16. The quantitative estimate of drug-likeness (QED) is 0.398. The van der Waals surface area contributed by atoms with Crippen molar-refractivity contribution in [1.29, 1.82) is 0 Å². The highest BCUT2D eigenvalue weighted by atomic mass is 28.4. The van der Waals surface area contributed by atoms with Gasteiger partial charge in [0, 0.05) is 50.9 Å². The van der Waals surface area contributed by atoms with Gasteiger partial charge in [-0.1, -0.05) is 18.2 Å². The molecule has 0 unspecified atom stereocenters. The predicted octanol–water partition coefficient (Wildman–Crippen LogP) is 3.38. The van der Waals surface area contributed by atoms with E-state index in [0.29, 0.717) is 45.7 Å². The Hall–Kier alpha value is -0.586. The van der Waals surface area contributed by atoms with Crippen molar-refractivity contribution in [2.45, 2.75) is 54.5 Å². The fourth-order valence-electron chi connectivity index (χ4n) is 3.30. The molecule has 0 saturated carbocycles. The van der Waals surface area contributed by atoms with Crippen molar-refractivity contribution in [2.24, 2.45) is 0 Å². The number of benzene rings is 1. The standard InChI is InChI=1S/C20H38O6Si2/c1-8-21-27(22-9-2,23-10-3)17-19-14-15-20(18(7)16-19)28(24-11-4,25-12-5)26-13-6/h14-16H,8-13,17H2,1-7H3. The van der Waals surface area contributed by atoms with Crippen LogP contribution in [0.3, 0.4) is 0 Å². The number of hydrogen-bond acceptors (Lipinski definition) is 6. The molecule has 0 saturated heterocycles. The Morgan fingerprint density at radius 1 is 0.643 bits per heavy atom. The minimum atomic E-state index is -2.93. The maximum Gasteiger partial charge on any atom is 0.537 e. The molecular weight excluding hydrogens is 392 g/mol. The smallest absolute Gasteiger partial charge is 0.374 e. The Morgan fingerprint density at radius 3 is 1.43 bits per heavy atom. The van der Waals surface area contributed by atoms with Gasteiger partial charge in [0.1, 0.15) is 0 Å². The molecule has 0 N–H and O–H groups in total. The highest BCUT2D eigenvalue weighted by molar-refractivity contribution is 6.75. The molecule has 0 spiro atoms. The van der Waals surface area contributed by atoms with Gasteiger partial charge in [-0.25, -0.2) is 0 Å². The van der Waals surface area contributed by atoms with Gasteiger partial charge < -0.3 is 26.6 Å². The third-order valence-electron chi connectivity index (χ3n) is 4.14. The van der Waals surface area contributed by atoms with Gasteiger partial charge in [-0.3, -0.25) is 0 Å². The van der Waals surface area contributed by atoms with E-state index in [1.165, 1.54) is 0 Å². The van der Waals surface area contributed by atoms with Gasteiger partial charge >= 0.3 is 17.6 Å². The van der Waals surface area contributed by atoms with Gasteiger partial charge in [0.2, 0.25) is 0 Å². The summed E-state index contributed by atoms with van der Waals surface area (Å²) in [6, 6.07) is 6.93. The molecule has 0 aromatic heterocycles. The molecule has 0 radical (unpaired) electrons. The molecular formula is C20H38O6Si2. The van der Waals surface area contributed by atoms with Crippen LogP contribution < -0.4 is 5.19 Å². The second-order valence-corrected chi connectivity index (χ2v) is 11.3. The van der Waals surface area contributed by atoms with E-state index in [1.807, 2.05) is 41.5 Å². The Bertz CT molecular complexity index is 536. The Kier molecular flexibility index (Phi) is 11.7. The van der Waals surface area contributed by atoms with Crippen molar-refractivity contribution in [3.8, 4) is 0 Å². The Morgan fingerprint density at radius 2 is 1.07 bits per heavy atom. The summed E-state index contributed by atoms with van der Waals surface area (Å²) < 4.78 is 36.2. The summed E-state index contributed by atoms with van der Waals surface area (Å²) in [7, 11) is -5.68. The molecule has 1 aromatic carbocycles. The molecule has 28 heavy (non-hydrogen) atoms. The lowest BCUT2D eigenvalue weighted by atomic mass is 10.2. The topological polar surface area (TPSA) is 55.4 Å². The summed E-state index contributed by atoms with van der Waals surface area (Å²) in [5.74, 6) is 0. The summed E-state index contributed by atoms with van der Waals surface area (Å²) in [5.41, 5.74) is 2.21. The van der Waals surface area contributed by atoms with E-state index in [-0.39, 0.29) is 0 Å². The number of hydrogen-bond donors (Lipinski definition) is 0. The van der Waals surface area contributed by atoms with Crippen LogP contribution in [0, 0.1) is 6.92 Å². The molecule has 8 heteroatoms. The van der Waals surface area contributed by atoms with Crippen molar-refractivity contribution >= 4 is 22.8 Å². The van der Waals surface area contributed by atoms with Crippen LogP contribution in [0.1, 0.15) is 52.7 Å². The summed E-state index contributed by atoms with van der Waals surface area (Å²) >= 11 is 0. The molecule has 0 bridgehead atoms. The lowest BCUT2D eigenvalue weighted by Crippen LogP contribution is -2.58. The van der Waals surface area contributed by atoms with Crippen LogP contribution in [-0.4, -0.2) is 57.3 Å². The van der Waals surface area contributed by atoms with E-state index in [2.05, 4.69) is 25.1 Å². The van der Waals surface area contributed by atoms with Gasteiger partial charge in [-0.05, 0) is 59.6 Å². The maximum atomic E-state index is 6.06. The molecule has 0 aliphatic carbocycles. The van der Waals surface area contributed by atoms with E-state index >= 15 is 0 Å². The predicted molar refractivity (Wildman–Crippen MR) is 116 cm³/mol. The van der Waals surface area contributed by atoms with Gasteiger partial charge in [0.25, 0.3) is 0 Å². The SMILES string of the molecule is CCO[Si](Cc1ccc([Si](OCC)(OCC)OCC)c(C)c1)(OCC)OCC. The summed E-state index contributed by atoms with van der Waals surface area (Å²) in [6.07, 6.45) is 0.